The number of phenols is 1. The monoisotopic (exact) mass is 375 g/mol. The van der Waals surface area contributed by atoms with E-state index in [1.807, 2.05) is 53.4 Å². The van der Waals surface area contributed by atoms with Gasteiger partial charge in [0.2, 0.25) is 0 Å². The Bertz CT molecular complexity index is 985. The molecule has 0 atom stereocenters. The molecule has 1 aliphatic rings. The number of nitrogens with two attached hydrogens (primary N) is 1. The fourth-order valence-corrected chi connectivity index (χ4v) is 3.04. The van der Waals surface area contributed by atoms with Gasteiger partial charge in [0.15, 0.2) is 5.96 Å². The number of aromatic nitrogens is 2. The molecule has 28 heavy (non-hydrogen) atoms. The van der Waals surface area contributed by atoms with Crippen molar-refractivity contribution in [2.75, 3.05) is 26.3 Å². The van der Waals surface area contributed by atoms with Crippen molar-refractivity contribution in [3.05, 3.63) is 60.7 Å². The number of hydrogen-bond acceptors (Lipinski definition) is 5. The number of nitrogens with zero attached hydrogens (tertiary/aromatic N) is 4. The zero-order valence-corrected chi connectivity index (χ0v) is 15.3. The summed E-state index contributed by atoms with van der Waals surface area (Å²) in [4.78, 5) is 15.5. The van der Waals surface area contributed by atoms with Crippen LogP contribution in [0.1, 0.15) is 0 Å². The highest BCUT2D eigenvalue weighted by Gasteiger charge is 2.15. The van der Waals surface area contributed by atoms with Crippen LogP contribution in [0.25, 0.3) is 22.5 Å². The number of ether oxygens (including phenoxy) is 1. The Labute approximate surface area is 163 Å². The standard InChI is InChI=1S/C21H21N5O2/c22-20(26-10-12-28-13-11-26)25-21-23-17(15-6-2-1-3-7-15)14-18(24-21)16-8-4-5-9-19(16)27/h1-9,14,27H,10-13H2,(H2,22,23,24,25). The molecule has 0 radical (unpaired) electrons. The van der Waals surface area contributed by atoms with Gasteiger partial charge in [0.25, 0.3) is 5.95 Å². The summed E-state index contributed by atoms with van der Waals surface area (Å²) < 4.78 is 5.36. The van der Waals surface area contributed by atoms with Crippen molar-refractivity contribution in [1.82, 2.24) is 14.9 Å². The van der Waals surface area contributed by atoms with E-state index >= 15 is 0 Å². The molecular formula is C21H21N5O2. The predicted molar refractivity (Wildman–Crippen MR) is 108 cm³/mol. The number of para-hydroxylation sites is 1. The molecule has 1 fully saturated rings. The SMILES string of the molecule is NC(=Nc1nc(-c2ccccc2)cc(-c2ccccc2O)n1)N1CCOCC1. The molecule has 142 valence electrons. The Morgan fingerprint density at radius 2 is 1.64 bits per heavy atom. The predicted octanol–water partition coefficient (Wildman–Crippen LogP) is 2.79. The smallest absolute Gasteiger partial charge is 0.253 e. The van der Waals surface area contributed by atoms with Crippen molar-refractivity contribution in [1.29, 1.82) is 0 Å². The van der Waals surface area contributed by atoms with E-state index in [4.69, 9.17) is 10.5 Å². The van der Waals surface area contributed by atoms with Gasteiger partial charge in [-0.1, -0.05) is 42.5 Å². The first-order chi connectivity index (χ1) is 13.7. The lowest BCUT2D eigenvalue weighted by Crippen LogP contribution is -2.44. The second-order valence-corrected chi connectivity index (χ2v) is 6.39. The molecule has 0 saturated carbocycles. The molecule has 2 aromatic carbocycles. The van der Waals surface area contributed by atoms with Gasteiger partial charge in [-0.05, 0) is 18.2 Å². The molecule has 4 rings (SSSR count). The summed E-state index contributed by atoms with van der Waals surface area (Å²) >= 11 is 0. The molecule has 1 aromatic heterocycles. The molecule has 0 bridgehead atoms. The van der Waals surface area contributed by atoms with Gasteiger partial charge in [0.05, 0.1) is 24.6 Å². The highest BCUT2D eigenvalue weighted by atomic mass is 16.5. The maximum absolute atomic E-state index is 10.3. The minimum absolute atomic E-state index is 0.149. The first-order valence-electron chi connectivity index (χ1n) is 9.10. The maximum atomic E-state index is 10.3. The van der Waals surface area contributed by atoms with Crippen molar-refractivity contribution in [2.24, 2.45) is 10.7 Å². The Morgan fingerprint density at radius 1 is 0.964 bits per heavy atom. The zero-order chi connectivity index (χ0) is 19.3. The first-order valence-corrected chi connectivity index (χ1v) is 9.10. The summed E-state index contributed by atoms with van der Waals surface area (Å²) in [5.74, 6) is 0.761. The van der Waals surface area contributed by atoms with Crippen LogP contribution in [0.2, 0.25) is 0 Å². The van der Waals surface area contributed by atoms with Gasteiger partial charge < -0.3 is 20.5 Å². The topological polar surface area (TPSA) is 96.9 Å². The highest BCUT2D eigenvalue weighted by molar-refractivity contribution is 5.81. The van der Waals surface area contributed by atoms with E-state index in [-0.39, 0.29) is 11.7 Å². The summed E-state index contributed by atoms with van der Waals surface area (Å²) in [6.07, 6.45) is 0. The number of rotatable bonds is 3. The second kappa shape index (κ2) is 8.06. The number of phenolic OH excluding ortho intramolecular Hbond substituents is 1. The van der Waals surface area contributed by atoms with Gasteiger partial charge in [0, 0.05) is 24.2 Å². The number of aliphatic imine (C=N–C) groups is 1. The molecule has 1 aliphatic heterocycles. The molecule has 7 heteroatoms. The number of guanidine groups is 1. The third-order valence-corrected chi connectivity index (χ3v) is 4.51. The first kappa shape index (κ1) is 17.9. The van der Waals surface area contributed by atoms with E-state index in [0.717, 1.165) is 5.56 Å². The molecule has 0 aliphatic carbocycles. The molecule has 2 heterocycles. The summed E-state index contributed by atoms with van der Waals surface area (Å²) in [6, 6.07) is 18.7. The molecule has 7 nitrogen and oxygen atoms in total. The van der Waals surface area contributed by atoms with E-state index in [0.29, 0.717) is 49.2 Å². The highest BCUT2D eigenvalue weighted by Crippen LogP contribution is 2.31. The number of benzene rings is 2. The van der Waals surface area contributed by atoms with Crippen LogP contribution < -0.4 is 5.73 Å². The third-order valence-electron chi connectivity index (χ3n) is 4.51. The lowest BCUT2D eigenvalue weighted by molar-refractivity contribution is 0.0675. The summed E-state index contributed by atoms with van der Waals surface area (Å²) in [5.41, 5.74) is 9.02. The van der Waals surface area contributed by atoms with Crippen LogP contribution in [0.5, 0.6) is 5.75 Å². The van der Waals surface area contributed by atoms with Crippen LogP contribution in [-0.2, 0) is 4.74 Å². The molecule has 3 aromatic rings. The minimum Gasteiger partial charge on any atom is -0.507 e. The van der Waals surface area contributed by atoms with E-state index in [2.05, 4.69) is 15.0 Å². The summed E-state index contributed by atoms with van der Waals surface area (Å²) in [5, 5.41) is 10.3. The van der Waals surface area contributed by atoms with Crippen LogP contribution in [0.3, 0.4) is 0 Å². The normalized spacial score (nSPS) is 14.9. The number of aromatic hydroxyl groups is 1. The van der Waals surface area contributed by atoms with Gasteiger partial charge >= 0.3 is 0 Å². The number of morpholine rings is 1. The molecule has 1 saturated heterocycles. The third kappa shape index (κ3) is 3.94. The largest absolute Gasteiger partial charge is 0.507 e. The van der Waals surface area contributed by atoms with Gasteiger partial charge in [0.1, 0.15) is 5.75 Å². The Hall–Kier alpha value is -3.45. The Kier molecular flexibility index (Phi) is 5.16. The fourth-order valence-electron chi connectivity index (χ4n) is 3.04. The van der Waals surface area contributed by atoms with Gasteiger partial charge in [-0.3, -0.25) is 0 Å². The average molecular weight is 375 g/mol. The second-order valence-electron chi connectivity index (χ2n) is 6.39. The number of hydrogen-bond donors (Lipinski definition) is 2. The van der Waals surface area contributed by atoms with Gasteiger partial charge in [-0.25, -0.2) is 9.97 Å². The lowest BCUT2D eigenvalue weighted by atomic mass is 10.1. The van der Waals surface area contributed by atoms with Crippen LogP contribution in [0.15, 0.2) is 65.7 Å². The fraction of sp³-hybridized carbons (Fsp3) is 0.190. The quantitative estimate of drug-likeness (QED) is 0.540. The molecule has 0 spiro atoms. The lowest BCUT2D eigenvalue weighted by Gasteiger charge is -2.27. The molecule has 0 unspecified atom stereocenters. The average Bonchev–Trinajstić information content (AvgIpc) is 2.75. The van der Waals surface area contributed by atoms with E-state index < -0.39 is 0 Å². The van der Waals surface area contributed by atoms with Crippen LogP contribution in [-0.4, -0.2) is 52.2 Å². The summed E-state index contributed by atoms with van der Waals surface area (Å²) in [7, 11) is 0. The van der Waals surface area contributed by atoms with E-state index in [9.17, 15) is 5.11 Å². The summed E-state index contributed by atoms with van der Waals surface area (Å²) in [6.45, 7) is 2.59. The minimum atomic E-state index is 0.149. The van der Waals surface area contributed by atoms with Crippen molar-refractivity contribution in [2.45, 2.75) is 0 Å². The molecular weight excluding hydrogens is 354 g/mol. The Morgan fingerprint density at radius 3 is 2.39 bits per heavy atom. The van der Waals surface area contributed by atoms with Crippen molar-refractivity contribution in [3.63, 3.8) is 0 Å². The Balaban J connectivity index is 1.79. The van der Waals surface area contributed by atoms with Gasteiger partial charge in [-0.2, -0.15) is 4.99 Å². The van der Waals surface area contributed by atoms with E-state index in [1.165, 1.54) is 0 Å². The van der Waals surface area contributed by atoms with Crippen LogP contribution in [0, 0.1) is 0 Å². The van der Waals surface area contributed by atoms with Crippen molar-refractivity contribution in [3.8, 4) is 28.3 Å². The van der Waals surface area contributed by atoms with Crippen molar-refractivity contribution >= 4 is 11.9 Å². The zero-order valence-electron chi connectivity index (χ0n) is 15.3. The van der Waals surface area contributed by atoms with Crippen LogP contribution >= 0.6 is 0 Å². The molecule has 0 amide bonds. The van der Waals surface area contributed by atoms with Gasteiger partial charge in [-0.15, -0.1) is 0 Å². The van der Waals surface area contributed by atoms with Crippen molar-refractivity contribution < 1.29 is 9.84 Å². The molecule has 3 N–H and O–H groups in total. The van der Waals surface area contributed by atoms with Crippen LogP contribution in [0.4, 0.5) is 5.95 Å². The maximum Gasteiger partial charge on any atom is 0.253 e. The van der Waals surface area contributed by atoms with E-state index in [1.54, 1.807) is 12.1 Å².